The number of ether oxygens (including phenoxy) is 1. The largest absolute Gasteiger partial charge is 0.492 e. The van der Waals surface area contributed by atoms with Gasteiger partial charge in [0.15, 0.2) is 0 Å². The molecular formula is C17H15FN2O. The monoisotopic (exact) mass is 282 g/mol. The molecule has 0 aliphatic heterocycles. The van der Waals surface area contributed by atoms with Crippen molar-refractivity contribution in [2.24, 2.45) is 0 Å². The van der Waals surface area contributed by atoms with Gasteiger partial charge >= 0.3 is 0 Å². The number of hydrogen-bond donors (Lipinski definition) is 1. The minimum Gasteiger partial charge on any atom is -0.492 e. The third kappa shape index (κ3) is 3.28. The maximum absolute atomic E-state index is 13.4. The summed E-state index contributed by atoms with van der Waals surface area (Å²) in [4.78, 5) is 4.28. The lowest BCUT2D eigenvalue weighted by atomic mass is 10.2. The first-order chi connectivity index (χ1) is 10.3. The Morgan fingerprint density at radius 2 is 1.95 bits per heavy atom. The van der Waals surface area contributed by atoms with Crippen LogP contribution in [-0.4, -0.2) is 18.1 Å². The van der Waals surface area contributed by atoms with E-state index in [1.807, 2.05) is 30.3 Å². The summed E-state index contributed by atoms with van der Waals surface area (Å²) in [5.41, 5.74) is 1.39. The maximum atomic E-state index is 13.4. The highest BCUT2D eigenvalue weighted by atomic mass is 19.1. The molecule has 4 heteroatoms. The number of nitrogens with zero attached hydrogens (tertiary/aromatic N) is 1. The van der Waals surface area contributed by atoms with Crippen molar-refractivity contribution in [3.05, 3.63) is 66.6 Å². The number of nitrogens with one attached hydrogen (secondary N) is 1. The quantitative estimate of drug-likeness (QED) is 0.721. The van der Waals surface area contributed by atoms with E-state index in [4.69, 9.17) is 4.74 Å². The first-order valence-corrected chi connectivity index (χ1v) is 6.79. The lowest BCUT2D eigenvalue weighted by Crippen LogP contribution is -2.12. The molecule has 1 aromatic heterocycles. The predicted molar refractivity (Wildman–Crippen MR) is 82.1 cm³/mol. The van der Waals surface area contributed by atoms with Crippen LogP contribution in [0.5, 0.6) is 5.75 Å². The van der Waals surface area contributed by atoms with Gasteiger partial charge in [-0.15, -0.1) is 0 Å². The molecule has 3 aromatic rings. The Morgan fingerprint density at radius 3 is 2.86 bits per heavy atom. The molecule has 0 fully saturated rings. The van der Waals surface area contributed by atoms with Crippen molar-refractivity contribution < 1.29 is 9.13 Å². The van der Waals surface area contributed by atoms with Crippen LogP contribution in [0.1, 0.15) is 0 Å². The van der Waals surface area contributed by atoms with Gasteiger partial charge in [-0.1, -0.05) is 18.2 Å². The summed E-state index contributed by atoms with van der Waals surface area (Å²) in [6.07, 6.45) is 1.76. The van der Waals surface area contributed by atoms with Crippen LogP contribution in [0.3, 0.4) is 0 Å². The lowest BCUT2D eigenvalue weighted by Gasteiger charge is -2.09. The number of rotatable bonds is 5. The van der Waals surface area contributed by atoms with Crippen LogP contribution in [0.15, 0.2) is 60.8 Å². The number of halogens is 1. The van der Waals surface area contributed by atoms with Crippen molar-refractivity contribution in [2.45, 2.75) is 0 Å². The zero-order chi connectivity index (χ0) is 14.5. The molecule has 0 amide bonds. The van der Waals surface area contributed by atoms with Gasteiger partial charge in [-0.3, -0.25) is 4.98 Å². The Morgan fingerprint density at radius 1 is 1.05 bits per heavy atom. The van der Waals surface area contributed by atoms with Gasteiger partial charge in [0.1, 0.15) is 18.2 Å². The first-order valence-electron chi connectivity index (χ1n) is 6.79. The summed E-state index contributed by atoms with van der Waals surface area (Å²) in [5.74, 6) is 0.504. The number of hydrogen-bond acceptors (Lipinski definition) is 3. The summed E-state index contributed by atoms with van der Waals surface area (Å²) in [5, 5.41) is 4.08. The SMILES string of the molecule is Fc1ccccc1NCCOc1ccc2cccnc2c1. The van der Waals surface area contributed by atoms with Crippen molar-refractivity contribution in [1.29, 1.82) is 0 Å². The normalized spacial score (nSPS) is 10.5. The first kappa shape index (κ1) is 13.4. The number of anilines is 1. The van der Waals surface area contributed by atoms with Crippen LogP contribution in [-0.2, 0) is 0 Å². The molecule has 0 atom stereocenters. The van der Waals surface area contributed by atoms with Gasteiger partial charge in [0.05, 0.1) is 11.2 Å². The molecular weight excluding hydrogens is 267 g/mol. The molecule has 0 bridgehead atoms. The number of aromatic nitrogens is 1. The standard InChI is InChI=1S/C17H15FN2O/c18-15-5-1-2-6-16(15)20-10-11-21-14-8-7-13-4-3-9-19-17(13)12-14/h1-9,12,20H,10-11H2. The minimum atomic E-state index is -0.257. The van der Waals surface area contributed by atoms with E-state index in [0.29, 0.717) is 18.8 Å². The lowest BCUT2D eigenvalue weighted by molar-refractivity contribution is 0.333. The maximum Gasteiger partial charge on any atom is 0.146 e. The zero-order valence-corrected chi connectivity index (χ0v) is 11.4. The fourth-order valence-corrected chi connectivity index (χ4v) is 2.10. The second kappa shape index (κ2) is 6.22. The zero-order valence-electron chi connectivity index (χ0n) is 11.4. The molecule has 0 spiro atoms. The average molecular weight is 282 g/mol. The summed E-state index contributed by atoms with van der Waals surface area (Å²) < 4.78 is 19.1. The molecule has 0 saturated carbocycles. The Labute approximate surface area is 122 Å². The summed E-state index contributed by atoms with van der Waals surface area (Å²) in [7, 11) is 0. The highest BCUT2D eigenvalue weighted by molar-refractivity contribution is 5.79. The number of fused-ring (bicyclic) bond motifs is 1. The summed E-state index contributed by atoms with van der Waals surface area (Å²) in [6, 6.07) is 16.3. The number of pyridine rings is 1. The average Bonchev–Trinajstić information content (AvgIpc) is 2.53. The van der Waals surface area contributed by atoms with Crippen LogP contribution >= 0.6 is 0 Å². The molecule has 0 aliphatic rings. The molecule has 0 saturated heterocycles. The van der Waals surface area contributed by atoms with Gasteiger partial charge in [-0.2, -0.15) is 0 Å². The van der Waals surface area contributed by atoms with Crippen LogP contribution < -0.4 is 10.1 Å². The third-order valence-corrected chi connectivity index (χ3v) is 3.14. The molecule has 1 heterocycles. The molecule has 0 radical (unpaired) electrons. The second-order valence-corrected chi connectivity index (χ2v) is 4.61. The van der Waals surface area contributed by atoms with Crippen molar-refractivity contribution in [3.8, 4) is 5.75 Å². The Hall–Kier alpha value is -2.62. The van der Waals surface area contributed by atoms with E-state index in [-0.39, 0.29) is 5.82 Å². The number of para-hydroxylation sites is 1. The Bertz CT molecular complexity index is 745. The van der Waals surface area contributed by atoms with Crippen molar-refractivity contribution in [1.82, 2.24) is 4.98 Å². The van der Waals surface area contributed by atoms with Crippen LogP contribution in [0.2, 0.25) is 0 Å². The molecule has 3 rings (SSSR count). The van der Waals surface area contributed by atoms with E-state index < -0.39 is 0 Å². The Balaban J connectivity index is 1.56. The van der Waals surface area contributed by atoms with E-state index in [1.165, 1.54) is 6.07 Å². The van der Waals surface area contributed by atoms with Gasteiger partial charge in [-0.25, -0.2) is 4.39 Å². The van der Waals surface area contributed by atoms with E-state index >= 15 is 0 Å². The van der Waals surface area contributed by atoms with Crippen molar-refractivity contribution in [2.75, 3.05) is 18.5 Å². The van der Waals surface area contributed by atoms with Gasteiger partial charge in [0.2, 0.25) is 0 Å². The minimum absolute atomic E-state index is 0.257. The molecule has 0 unspecified atom stereocenters. The highest BCUT2D eigenvalue weighted by Crippen LogP contribution is 2.18. The predicted octanol–water partition coefficient (Wildman–Crippen LogP) is 3.86. The van der Waals surface area contributed by atoms with Crippen LogP contribution in [0.25, 0.3) is 10.9 Å². The van der Waals surface area contributed by atoms with Gasteiger partial charge in [-0.05, 0) is 30.3 Å². The topological polar surface area (TPSA) is 34.1 Å². The smallest absolute Gasteiger partial charge is 0.146 e. The second-order valence-electron chi connectivity index (χ2n) is 4.61. The summed E-state index contributed by atoms with van der Waals surface area (Å²) in [6.45, 7) is 0.980. The van der Waals surface area contributed by atoms with E-state index in [9.17, 15) is 4.39 Å². The number of benzene rings is 2. The van der Waals surface area contributed by atoms with Crippen molar-refractivity contribution in [3.63, 3.8) is 0 Å². The third-order valence-electron chi connectivity index (χ3n) is 3.14. The van der Waals surface area contributed by atoms with E-state index in [1.54, 1.807) is 24.4 Å². The fourth-order valence-electron chi connectivity index (χ4n) is 2.10. The van der Waals surface area contributed by atoms with Gasteiger partial charge < -0.3 is 10.1 Å². The fraction of sp³-hybridized carbons (Fsp3) is 0.118. The van der Waals surface area contributed by atoms with Crippen LogP contribution in [0, 0.1) is 5.82 Å². The summed E-state index contributed by atoms with van der Waals surface area (Å²) >= 11 is 0. The van der Waals surface area contributed by atoms with E-state index in [2.05, 4.69) is 10.3 Å². The van der Waals surface area contributed by atoms with Gasteiger partial charge in [0, 0.05) is 24.2 Å². The molecule has 1 N–H and O–H groups in total. The molecule has 21 heavy (non-hydrogen) atoms. The van der Waals surface area contributed by atoms with Crippen molar-refractivity contribution >= 4 is 16.6 Å². The molecule has 106 valence electrons. The highest BCUT2D eigenvalue weighted by Gasteiger charge is 2.00. The Kier molecular flexibility index (Phi) is 3.96. The molecule has 2 aromatic carbocycles. The molecule has 3 nitrogen and oxygen atoms in total. The van der Waals surface area contributed by atoms with E-state index in [0.717, 1.165) is 16.7 Å². The van der Waals surface area contributed by atoms with Gasteiger partial charge in [0.25, 0.3) is 0 Å². The molecule has 0 aliphatic carbocycles. The van der Waals surface area contributed by atoms with Crippen LogP contribution in [0.4, 0.5) is 10.1 Å².